The Morgan fingerprint density at radius 3 is 2.33 bits per heavy atom. The zero-order valence-electron chi connectivity index (χ0n) is 18.1. The van der Waals surface area contributed by atoms with Gasteiger partial charge in [0.05, 0.1) is 25.6 Å². The highest BCUT2D eigenvalue weighted by Crippen LogP contribution is 2.26. The molecule has 30 heavy (non-hydrogen) atoms. The molecular formula is C22H30N2O5S. The summed E-state index contributed by atoms with van der Waals surface area (Å²) in [6.45, 7) is 6.11. The largest absolute Gasteiger partial charge is 0.493 e. The highest BCUT2D eigenvalue weighted by atomic mass is 32.2. The summed E-state index contributed by atoms with van der Waals surface area (Å²) in [6, 6.07) is 11.8. The average molecular weight is 435 g/mol. The Morgan fingerprint density at radius 1 is 1.10 bits per heavy atom. The first-order valence-electron chi connectivity index (χ1n) is 9.79. The van der Waals surface area contributed by atoms with Crippen molar-refractivity contribution < 1.29 is 22.7 Å². The molecule has 0 aliphatic heterocycles. The lowest BCUT2D eigenvalue weighted by molar-refractivity contribution is -0.122. The molecule has 0 spiro atoms. The first kappa shape index (κ1) is 23.5. The van der Waals surface area contributed by atoms with Crippen molar-refractivity contribution in [2.75, 3.05) is 30.8 Å². The van der Waals surface area contributed by atoms with Crippen LogP contribution in [0.4, 0.5) is 5.69 Å². The van der Waals surface area contributed by atoms with Crippen LogP contribution in [0.1, 0.15) is 24.5 Å². The molecule has 2 rings (SSSR count). The van der Waals surface area contributed by atoms with Gasteiger partial charge in [-0.1, -0.05) is 25.1 Å². The summed E-state index contributed by atoms with van der Waals surface area (Å²) in [5.41, 5.74) is 2.49. The van der Waals surface area contributed by atoms with Crippen molar-refractivity contribution in [2.45, 2.75) is 33.2 Å². The molecule has 0 heterocycles. The first-order valence-corrected chi connectivity index (χ1v) is 11.6. The van der Waals surface area contributed by atoms with E-state index in [2.05, 4.69) is 5.32 Å². The molecule has 0 unspecified atom stereocenters. The van der Waals surface area contributed by atoms with E-state index in [-0.39, 0.29) is 19.1 Å². The predicted molar refractivity (Wildman–Crippen MR) is 119 cm³/mol. The van der Waals surface area contributed by atoms with Crippen LogP contribution in [-0.4, -0.2) is 46.9 Å². The van der Waals surface area contributed by atoms with Crippen LogP contribution in [0.5, 0.6) is 11.5 Å². The number of aryl methyl sites for hydroxylation is 2. The van der Waals surface area contributed by atoms with Gasteiger partial charge in [-0.3, -0.25) is 9.10 Å². The molecule has 2 aromatic carbocycles. The topological polar surface area (TPSA) is 84.9 Å². The molecule has 1 amide bonds. The third-order valence-electron chi connectivity index (χ3n) is 4.80. The van der Waals surface area contributed by atoms with Crippen molar-refractivity contribution in [1.29, 1.82) is 0 Å². The Hall–Kier alpha value is -2.74. The molecule has 0 radical (unpaired) electrons. The molecule has 0 saturated heterocycles. The van der Waals surface area contributed by atoms with E-state index in [4.69, 9.17) is 9.47 Å². The highest BCUT2D eigenvalue weighted by Gasteiger charge is 2.31. The molecule has 1 N–H and O–H groups in total. The van der Waals surface area contributed by atoms with Gasteiger partial charge in [-0.2, -0.15) is 0 Å². The van der Waals surface area contributed by atoms with Crippen LogP contribution in [0, 0.1) is 13.8 Å². The van der Waals surface area contributed by atoms with E-state index in [1.54, 1.807) is 38.3 Å². The van der Waals surface area contributed by atoms with Crippen LogP contribution < -0.4 is 19.1 Å². The molecule has 0 bridgehead atoms. The molecule has 1 atom stereocenters. The van der Waals surface area contributed by atoms with Gasteiger partial charge in [0, 0.05) is 0 Å². The number of para-hydroxylation sites is 2. The minimum Gasteiger partial charge on any atom is -0.493 e. The molecule has 2 aromatic rings. The quantitative estimate of drug-likeness (QED) is 0.581. The maximum Gasteiger partial charge on any atom is 0.244 e. The molecule has 0 aromatic heterocycles. The summed E-state index contributed by atoms with van der Waals surface area (Å²) in [5, 5.41) is 2.78. The number of carbonyl (C=O) groups excluding carboxylic acids is 1. The second-order valence-corrected chi connectivity index (χ2v) is 8.90. The van der Waals surface area contributed by atoms with Crippen molar-refractivity contribution in [2.24, 2.45) is 0 Å². The van der Waals surface area contributed by atoms with Crippen LogP contribution in [-0.2, 0) is 14.8 Å². The smallest absolute Gasteiger partial charge is 0.244 e. The van der Waals surface area contributed by atoms with Gasteiger partial charge in [0.2, 0.25) is 15.9 Å². The van der Waals surface area contributed by atoms with Gasteiger partial charge in [0.25, 0.3) is 0 Å². The Morgan fingerprint density at radius 2 is 1.77 bits per heavy atom. The lowest BCUT2D eigenvalue weighted by Gasteiger charge is -2.30. The lowest BCUT2D eigenvalue weighted by Crippen LogP contribution is -2.50. The summed E-state index contributed by atoms with van der Waals surface area (Å²) in [4.78, 5) is 12.8. The Bertz CT molecular complexity index is 975. The molecule has 0 aliphatic rings. The van der Waals surface area contributed by atoms with Crippen LogP contribution in [0.25, 0.3) is 0 Å². The van der Waals surface area contributed by atoms with Gasteiger partial charge in [0.15, 0.2) is 11.5 Å². The summed E-state index contributed by atoms with van der Waals surface area (Å²) in [6.07, 6.45) is 1.45. The van der Waals surface area contributed by atoms with Crippen molar-refractivity contribution in [3.63, 3.8) is 0 Å². The zero-order valence-corrected chi connectivity index (χ0v) is 19.0. The van der Waals surface area contributed by atoms with Gasteiger partial charge in [-0.25, -0.2) is 8.42 Å². The summed E-state index contributed by atoms with van der Waals surface area (Å²) in [7, 11) is -2.10. The summed E-state index contributed by atoms with van der Waals surface area (Å²) in [5.74, 6) is 0.812. The second-order valence-electron chi connectivity index (χ2n) is 7.04. The van der Waals surface area contributed by atoms with Crippen LogP contribution in [0.15, 0.2) is 42.5 Å². The SMILES string of the molecule is CC[C@@H](C(=O)NCCOc1ccccc1OC)N(c1ccc(C)c(C)c1)S(C)(=O)=O. The molecule has 0 aliphatic carbocycles. The molecule has 8 heteroatoms. The second kappa shape index (κ2) is 10.3. The summed E-state index contributed by atoms with van der Waals surface area (Å²) >= 11 is 0. The number of nitrogens with zero attached hydrogens (tertiary/aromatic N) is 1. The molecular weight excluding hydrogens is 404 g/mol. The number of methoxy groups -OCH3 is 1. The Balaban J connectivity index is 2.09. The normalized spacial score (nSPS) is 12.2. The fourth-order valence-corrected chi connectivity index (χ4v) is 4.32. The van der Waals surface area contributed by atoms with Crippen LogP contribution >= 0.6 is 0 Å². The van der Waals surface area contributed by atoms with E-state index < -0.39 is 16.1 Å². The van der Waals surface area contributed by atoms with Gasteiger partial charge in [-0.05, 0) is 55.7 Å². The fraction of sp³-hybridized carbons (Fsp3) is 0.409. The first-order chi connectivity index (χ1) is 14.2. The molecule has 0 saturated carbocycles. The van der Waals surface area contributed by atoms with E-state index >= 15 is 0 Å². The van der Waals surface area contributed by atoms with Crippen molar-refractivity contribution >= 4 is 21.6 Å². The number of rotatable bonds is 10. The number of benzene rings is 2. The highest BCUT2D eigenvalue weighted by molar-refractivity contribution is 7.92. The minimum absolute atomic E-state index is 0.227. The van der Waals surface area contributed by atoms with E-state index in [1.165, 1.54) is 4.31 Å². The minimum atomic E-state index is -3.66. The van der Waals surface area contributed by atoms with Gasteiger partial charge in [0.1, 0.15) is 12.6 Å². The van der Waals surface area contributed by atoms with Crippen molar-refractivity contribution in [1.82, 2.24) is 5.32 Å². The van der Waals surface area contributed by atoms with Gasteiger partial charge in [-0.15, -0.1) is 0 Å². The zero-order chi connectivity index (χ0) is 22.3. The predicted octanol–water partition coefficient (Wildman–Crippen LogP) is 3.05. The molecule has 164 valence electrons. The van der Waals surface area contributed by atoms with Gasteiger partial charge < -0.3 is 14.8 Å². The number of sulfonamides is 1. The number of ether oxygens (including phenoxy) is 2. The summed E-state index contributed by atoms with van der Waals surface area (Å²) < 4.78 is 37.1. The number of hydrogen-bond acceptors (Lipinski definition) is 5. The standard InChI is InChI=1S/C22H30N2O5S/c1-6-19(24(30(5,26)27)18-12-11-16(2)17(3)15-18)22(25)23-13-14-29-21-10-8-7-9-20(21)28-4/h7-12,15,19H,6,13-14H2,1-5H3,(H,23,25)/t19-/m0/s1. The Kier molecular flexibility index (Phi) is 8.11. The number of hydrogen-bond donors (Lipinski definition) is 1. The number of nitrogens with one attached hydrogen (secondary N) is 1. The van der Waals surface area contributed by atoms with Crippen LogP contribution in [0.2, 0.25) is 0 Å². The third-order valence-corrected chi connectivity index (χ3v) is 5.98. The van der Waals surface area contributed by atoms with E-state index in [0.29, 0.717) is 23.6 Å². The van der Waals surface area contributed by atoms with E-state index in [1.807, 2.05) is 32.0 Å². The van der Waals surface area contributed by atoms with E-state index in [9.17, 15) is 13.2 Å². The third kappa shape index (κ3) is 5.89. The maximum atomic E-state index is 12.8. The van der Waals surface area contributed by atoms with E-state index in [0.717, 1.165) is 17.4 Å². The maximum absolute atomic E-state index is 12.8. The van der Waals surface area contributed by atoms with Crippen molar-refractivity contribution in [3.05, 3.63) is 53.6 Å². The van der Waals surface area contributed by atoms with Gasteiger partial charge >= 0.3 is 0 Å². The fourth-order valence-electron chi connectivity index (χ4n) is 3.11. The number of amides is 1. The lowest BCUT2D eigenvalue weighted by atomic mass is 10.1. The number of anilines is 1. The average Bonchev–Trinajstić information content (AvgIpc) is 2.70. The molecule has 7 nitrogen and oxygen atoms in total. The van der Waals surface area contributed by atoms with Crippen LogP contribution in [0.3, 0.4) is 0 Å². The molecule has 0 fully saturated rings. The number of carbonyl (C=O) groups is 1. The van der Waals surface area contributed by atoms with Crippen molar-refractivity contribution in [3.8, 4) is 11.5 Å². The Labute approximate surface area is 179 Å². The monoisotopic (exact) mass is 434 g/mol.